The Morgan fingerprint density at radius 3 is 2.67 bits per heavy atom. The Balaban J connectivity index is 1.64. The van der Waals surface area contributed by atoms with Crippen LogP contribution >= 0.6 is 0 Å². The zero-order valence-corrected chi connectivity index (χ0v) is 15.1. The molecule has 0 saturated heterocycles. The van der Waals surface area contributed by atoms with Gasteiger partial charge in [0.25, 0.3) is 0 Å². The van der Waals surface area contributed by atoms with Crippen molar-refractivity contribution in [2.75, 3.05) is 5.32 Å². The lowest BCUT2D eigenvalue weighted by atomic mass is 10.1. The Labute approximate surface area is 155 Å². The molecular weight excluding hydrogens is 342 g/mol. The molecule has 0 saturated carbocycles. The van der Waals surface area contributed by atoms with Gasteiger partial charge in [-0.3, -0.25) is 4.79 Å². The highest BCUT2D eigenvalue weighted by Crippen LogP contribution is 2.18. The predicted molar refractivity (Wildman–Crippen MR) is 104 cm³/mol. The Morgan fingerprint density at radius 1 is 1.15 bits per heavy atom. The van der Waals surface area contributed by atoms with Crippen LogP contribution in [0.3, 0.4) is 0 Å². The van der Waals surface area contributed by atoms with Crippen molar-refractivity contribution in [3.63, 3.8) is 0 Å². The van der Waals surface area contributed by atoms with E-state index in [0.29, 0.717) is 11.3 Å². The molecular formula is C20H19N5O2. The summed E-state index contributed by atoms with van der Waals surface area (Å²) in [4.78, 5) is 29.3. The first-order chi connectivity index (χ1) is 13.1. The fraction of sp³-hybridized carbons (Fsp3) is 0.200. The highest BCUT2D eigenvalue weighted by atomic mass is 16.2. The number of aromatic nitrogens is 4. The molecule has 0 fully saturated rings. The molecule has 2 heterocycles. The summed E-state index contributed by atoms with van der Waals surface area (Å²) in [5.74, 6) is -0.307. The topological polar surface area (TPSA) is 81.3 Å². The summed E-state index contributed by atoms with van der Waals surface area (Å²) in [7, 11) is 0. The molecule has 136 valence electrons. The summed E-state index contributed by atoms with van der Waals surface area (Å²) in [5.41, 5.74) is 3.79. The summed E-state index contributed by atoms with van der Waals surface area (Å²) < 4.78 is 2.53. The molecule has 7 heteroatoms. The largest absolute Gasteiger partial charge is 0.352 e. The van der Waals surface area contributed by atoms with Crippen molar-refractivity contribution in [2.24, 2.45) is 0 Å². The number of amides is 1. The molecule has 1 amide bonds. The minimum absolute atomic E-state index is 0.163. The third kappa shape index (κ3) is 3.08. The van der Waals surface area contributed by atoms with Crippen LogP contribution in [-0.2, 0) is 17.8 Å². The van der Waals surface area contributed by atoms with Crippen LogP contribution < -0.4 is 11.0 Å². The number of nitrogens with one attached hydrogen (secondary N) is 1. The standard InChI is InChI=1S/C20H19N5O2/c1-3-14-7-9-15(10-8-14)22-17(26)11-25-20(27)24-12-21-18-13(2)5-4-6-16(18)19(24)23-25/h4-10,12H,3,11H2,1-2H3,(H,22,26). The van der Waals surface area contributed by atoms with Crippen molar-refractivity contribution in [2.45, 2.75) is 26.8 Å². The lowest BCUT2D eigenvalue weighted by Gasteiger charge is -2.05. The van der Waals surface area contributed by atoms with Crippen LogP contribution in [0.1, 0.15) is 18.1 Å². The SMILES string of the molecule is CCc1ccc(NC(=O)Cn2nc3c4cccc(C)c4ncn3c2=O)cc1. The monoisotopic (exact) mass is 361 g/mol. The van der Waals surface area contributed by atoms with E-state index in [4.69, 9.17) is 0 Å². The van der Waals surface area contributed by atoms with Crippen LogP contribution in [-0.4, -0.2) is 25.1 Å². The van der Waals surface area contributed by atoms with Crippen molar-refractivity contribution in [3.8, 4) is 0 Å². The van der Waals surface area contributed by atoms with Crippen LogP contribution in [0.25, 0.3) is 16.6 Å². The number of fused-ring (bicyclic) bond motifs is 3. The summed E-state index contributed by atoms with van der Waals surface area (Å²) in [6.07, 6.45) is 2.39. The summed E-state index contributed by atoms with van der Waals surface area (Å²) in [5, 5.41) is 7.93. The van der Waals surface area contributed by atoms with E-state index in [1.807, 2.05) is 49.4 Å². The Hall–Kier alpha value is -3.48. The zero-order chi connectivity index (χ0) is 19.0. The minimum Gasteiger partial charge on any atom is -0.324 e. The molecule has 0 unspecified atom stereocenters. The summed E-state index contributed by atoms with van der Waals surface area (Å²) >= 11 is 0. The Morgan fingerprint density at radius 2 is 1.93 bits per heavy atom. The van der Waals surface area contributed by atoms with E-state index in [0.717, 1.165) is 27.6 Å². The number of aryl methyl sites for hydroxylation is 2. The van der Waals surface area contributed by atoms with Crippen LogP contribution in [0.2, 0.25) is 0 Å². The highest BCUT2D eigenvalue weighted by molar-refractivity contribution is 5.93. The van der Waals surface area contributed by atoms with E-state index in [-0.39, 0.29) is 12.5 Å². The molecule has 7 nitrogen and oxygen atoms in total. The molecule has 0 aliphatic carbocycles. The predicted octanol–water partition coefficient (Wildman–Crippen LogP) is 2.55. The molecule has 0 spiro atoms. The second-order valence-electron chi connectivity index (χ2n) is 6.45. The van der Waals surface area contributed by atoms with Gasteiger partial charge in [0.15, 0.2) is 5.65 Å². The van der Waals surface area contributed by atoms with Gasteiger partial charge in [0.2, 0.25) is 5.91 Å². The van der Waals surface area contributed by atoms with Crippen molar-refractivity contribution in [1.29, 1.82) is 0 Å². The molecule has 4 aromatic rings. The maximum atomic E-state index is 12.6. The van der Waals surface area contributed by atoms with E-state index >= 15 is 0 Å². The molecule has 0 aliphatic rings. The number of hydrogen-bond acceptors (Lipinski definition) is 4. The average molecular weight is 361 g/mol. The van der Waals surface area contributed by atoms with Crippen LogP contribution in [0.5, 0.6) is 0 Å². The van der Waals surface area contributed by atoms with E-state index in [2.05, 4.69) is 22.3 Å². The lowest BCUT2D eigenvalue weighted by Crippen LogP contribution is -2.28. The quantitative estimate of drug-likeness (QED) is 0.606. The lowest BCUT2D eigenvalue weighted by molar-refractivity contribution is -0.117. The third-order valence-corrected chi connectivity index (χ3v) is 4.59. The normalized spacial score (nSPS) is 11.2. The summed E-state index contributed by atoms with van der Waals surface area (Å²) in [6.45, 7) is 3.87. The van der Waals surface area contributed by atoms with Gasteiger partial charge in [0.1, 0.15) is 12.9 Å². The smallest absolute Gasteiger partial charge is 0.324 e. The first-order valence-corrected chi connectivity index (χ1v) is 8.79. The van der Waals surface area contributed by atoms with Crippen molar-refractivity contribution < 1.29 is 4.79 Å². The van der Waals surface area contributed by atoms with E-state index in [9.17, 15) is 9.59 Å². The van der Waals surface area contributed by atoms with Crippen molar-refractivity contribution in [3.05, 3.63) is 70.4 Å². The third-order valence-electron chi connectivity index (χ3n) is 4.59. The molecule has 2 aromatic heterocycles. The number of para-hydroxylation sites is 1. The maximum absolute atomic E-state index is 12.6. The molecule has 1 N–H and O–H groups in total. The first-order valence-electron chi connectivity index (χ1n) is 8.79. The van der Waals surface area contributed by atoms with Gasteiger partial charge in [0.05, 0.1) is 5.52 Å². The molecule has 2 aromatic carbocycles. The Bertz CT molecular complexity index is 1200. The van der Waals surface area contributed by atoms with Gasteiger partial charge in [0, 0.05) is 11.1 Å². The number of benzene rings is 2. The molecule has 0 bridgehead atoms. The second kappa shape index (κ2) is 6.68. The van der Waals surface area contributed by atoms with Gasteiger partial charge in [-0.15, -0.1) is 5.10 Å². The fourth-order valence-corrected chi connectivity index (χ4v) is 3.10. The van der Waals surface area contributed by atoms with Crippen LogP contribution in [0.4, 0.5) is 5.69 Å². The van der Waals surface area contributed by atoms with E-state index in [1.165, 1.54) is 16.3 Å². The molecule has 27 heavy (non-hydrogen) atoms. The number of hydrogen-bond donors (Lipinski definition) is 1. The van der Waals surface area contributed by atoms with Crippen molar-refractivity contribution in [1.82, 2.24) is 19.2 Å². The number of carbonyl (C=O) groups excluding carboxylic acids is 1. The molecule has 0 radical (unpaired) electrons. The van der Waals surface area contributed by atoms with Gasteiger partial charge < -0.3 is 5.32 Å². The van der Waals surface area contributed by atoms with Gasteiger partial charge in [-0.1, -0.05) is 31.2 Å². The highest BCUT2D eigenvalue weighted by Gasteiger charge is 2.14. The molecule has 4 rings (SSSR count). The van der Waals surface area contributed by atoms with Crippen LogP contribution in [0, 0.1) is 6.92 Å². The molecule has 0 atom stereocenters. The zero-order valence-electron chi connectivity index (χ0n) is 15.1. The maximum Gasteiger partial charge on any atom is 0.352 e. The fourth-order valence-electron chi connectivity index (χ4n) is 3.10. The molecule has 0 aliphatic heterocycles. The number of anilines is 1. The van der Waals surface area contributed by atoms with E-state index < -0.39 is 5.69 Å². The average Bonchev–Trinajstić information content (AvgIpc) is 2.99. The van der Waals surface area contributed by atoms with Gasteiger partial charge in [-0.2, -0.15) is 0 Å². The van der Waals surface area contributed by atoms with E-state index in [1.54, 1.807) is 0 Å². The number of nitrogens with zero attached hydrogens (tertiary/aromatic N) is 4. The first kappa shape index (κ1) is 17.0. The number of carbonyl (C=O) groups is 1. The number of rotatable bonds is 4. The van der Waals surface area contributed by atoms with Crippen LogP contribution in [0.15, 0.2) is 53.6 Å². The van der Waals surface area contributed by atoms with Gasteiger partial charge in [-0.05, 0) is 42.7 Å². The van der Waals surface area contributed by atoms with Gasteiger partial charge in [-0.25, -0.2) is 18.9 Å². The van der Waals surface area contributed by atoms with Crippen molar-refractivity contribution >= 4 is 28.1 Å². The minimum atomic E-state index is -0.391. The Kier molecular flexibility index (Phi) is 4.19. The van der Waals surface area contributed by atoms with Gasteiger partial charge >= 0.3 is 5.69 Å². The second-order valence-corrected chi connectivity index (χ2v) is 6.45. The summed E-state index contributed by atoms with van der Waals surface area (Å²) in [6, 6.07) is 13.4.